The Bertz CT molecular complexity index is 838. The summed E-state index contributed by atoms with van der Waals surface area (Å²) in [5.41, 5.74) is 1.09. The lowest BCUT2D eigenvalue weighted by atomic mass is 10.1. The number of nitrogens with zero attached hydrogens (tertiary/aromatic N) is 1. The van der Waals surface area contributed by atoms with Gasteiger partial charge in [-0.25, -0.2) is 5.43 Å². The summed E-state index contributed by atoms with van der Waals surface area (Å²) >= 11 is 3.31. The van der Waals surface area contributed by atoms with E-state index >= 15 is 0 Å². The molecule has 9 heteroatoms. The van der Waals surface area contributed by atoms with Gasteiger partial charge in [0.05, 0.1) is 36.0 Å². The Morgan fingerprint density at radius 1 is 1.19 bits per heavy atom. The second-order valence-electron chi connectivity index (χ2n) is 4.98. The third-order valence-electron chi connectivity index (χ3n) is 3.31. The van der Waals surface area contributed by atoms with E-state index in [1.807, 2.05) is 0 Å². The molecule has 0 aliphatic carbocycles. The highest BCUT2D eigenvalue weighted by molar-refractivity contribution is 9.10. The molecule has 0 spiro atoms. The monoisotopic (exact) mass is 430 g/mol. The molecule has 2 aromatic rings. The molecule has 0 aromatic heterocycles. The molecule has 138 valence electrons. The smallest absolute Gasteiger partial charge is 0.417 e. The van der Waals surface area contributed by atoms with Crippen LogP contribution in [0.5, 0.6) is 11.5 Å². The fourth-order valence-electron chi connectivity index (χ4n) is 2.17. The van der Waals surface area contributed by atoms with Crippen molar-refractivity contribution >= 4 is 28.1 Å². The van der Waals surface area contributed by atoms with E-state index < -0.39 is 23.2 Å². The summed E-state index contributed by atoms with van der Waals surface area (Å²) in [6.07, 6.45) is -3.35. The Morgan fingerprint density at radius 3 is 2.50 bits per heavy atom. The van der Waals surface area contributed by atoms with Crippen LogP contribution in [0.15, 0.2) is 46.0 Å². The lowest BCUT2D eigenvalue weighted by Gasteiger charge is -2.11. The quantitative estimate of drug-likeness (QED) is 0.569. The molecule has 5 nitrogen and oxygen atoms in total. The highest BCUT2D eigenvalue weighted by atomic mass is 79.9. The molecule has 0 aliphatic heterocycles. The Hall–Kier alpha value is -2.55. The predicted octanol–water partition coefficient (Wildman–Crippen LogP) is 4.25. The van der Waals surface area contributed by atoms with Crippen LogP contribution in [0.2, 0.25) is 0 Å². The van der Waals surface area contributed by atoms with Crippen molar-refractivity contribution in [1.82, 2.24) is 5.43 Å². The van der Waals surface area contributed by atoms with Crippen molar-refractivity contribution in [2.75, 3.05) is 14.2 Å². The maximum absolute atomic E-state index is 12.9. The van der Waals surface area contributed by atoms with Crippen LogP contribution in [0.3, 0.4) is 0 Å². The number of nitrogens with one attached hydrogen (secondary N) is 1. The number of hydrazone groups is 1. The number of rotatable bonds is 5. The summed E-state index contributed by atoms with van der Waals surface area (Å²) < 4.78 is 49.8. The van der Waals surface area contributed by atoms with Crippen LogP contribution in [0, 0.1) is 0 Å². The molecule has 0 heterocycles. The van der Waals surface area contributed by atoms with E-state index in [9.17, 15) is 18.0 Å². The maximum Gasteiger partial charge on any atom is 0.417 e. The highest BCUT2D eigenvalue weighted by Crippen LogP contribution is 2.36. The van der Waals surface area contributed by atoms with Crippen LogP contribution in [0.25, 0.3) is 0 Å². The van der Waals surface area contributed by atoms with E-state index in [2.05, 4.69) is 26.5 Å². The normalized spacial score (nSPS) is 11.5. The number of alkyl halides is 3. The fraction of sp³-hybridized carbons (Fsp3) is 0.176. The Morgan fingerprint density at radius 2 is 1.88 bits per heavy atom. The Balaban J connectivity index is 2.20. The van der Waals surface area contributed by atoms with Gasteiger partial charge >= 0.3 is 6.18 Å². The first kappa shape index (κ1) is 19.8. The van der Waals surface area contributed by atoms with Gasteiger partial charge in [-0.2, -0.15) is 18.3 Å². The van der Waals surface area contributed by atoms with E-state index in [0.29, 0.717) is 21.5 Å². The van der Waals surface area contributed by atoms with Crippen molar-refractivity contribution < 1.29 is 27.4 Å². The molecule has 1 amide bonds. The zero-order valence-corrected chi connectivity index (χ0v) is 15.3. The predicted molar refractivity (Wildman–Crippen MR) is 93.8 cm³/mol. The molecule has 2 rings (SSSR count). The number of carbonyl (C=O) groups excluding carboxylic acids is 1. The number of ether oxygens (including phenoxy) is 2. The third-order valence-corrected chi connectivity index (χ3v) is 3.90. The number of methoxy groups -OCH3 is 2. The average Bonchev–Trinajstić information content (AvgIpc) is 2.60. The average molecular weight is 431 g/mol. The van der Waals surface area contributed by atoms with Crippen molar-refractivity contribution in [2.24, 2.45) is 5.10 Å². The first-order chi connectivity index (χ1) is 12.3. The van der Waals surface area contributed by atoms with E-state index in [-0.39, 0.29) is 0 Å². The first-order valence-corrected chi connectivity index (χ1v) is 7.98. The minimum Gasteiger partial charge on any atom is -0.493 e. The van der Waals surface area contributed by atoms with Crippen molar-refractivity contribution in [2.45, 2.75) is 6.18 Å². The van der Waals surface area contributed by atoms with Gasteiger partial charge in [0.15, 0.2) is 11.5 Å². The van der Waals surface area contributed by atoms with Gasteiger partial charge in [0.25, 0.3) is 5.91 Å². The van der Waals surface area contributed by atoms with Crippen LogP contribution in [0.4, 0.5) is 13.2 Å². The van der Waals surface area contributed by atoms with Crippen LogP contribution >= 0.6 is 15.9 Å². The van der Waals surface area contributed by atoms with Gasteiger partial charge in [-0.1, -0.05) is 12.1 Å². The maximum atomic E-state index is 12.9. The SMILES string of the molecule is COc1cc(/C=N/NC(=O)c2ccccc2C(F)(F)F)cc(Br)c1OC. The molecule has 0 atom stereocenters. The number of hydrogen-bond donors (Lipinski definition) is 1. The molecule has 26 heavy (non-hydrogen) atoms. The molecule has 0 saturated carbocycles. The van der Waals surface area contributed by atoms with Gasteiger partial charge in [0, 0.05) is 0 Å². The minimum absolute atomic E-state index is 0.428. The van der Waals surface area contributed by atoms with Gasteiger partial charge in [-0.15, -0.1) is 0 Å². The molecule has 0 bridgehead atoms. The fourth-order valence-corrected chi connectivity index (χ4v) is 2.79. The molecule has 0 unspecified atom stereocenters. The van der Waals surface area contributed by atoms with Gasteiger partial charge in [-0.05, 0) is 45.8 Å². The zero-order valence-electron chi connectivity index (χ0n) is 13.7. The lowest BCUT2D eigenvalue weighted by Crippen LogP contribution is -2.22. The number of carbonyl (C=O) groups is 1. The number of halogens is 4. The topological polar surface area (TPSA) is 59.9 Å². The zero-order chi connectivity index (χ0) is 19.3. The highest BCUT2D eigenvalue weighted by Gasteiger charge is 2.34. The molecular weight excluding hydrogens is 417 g/mol. The van der Waals surface area contributed by atoms with Crippen molar-refractivity contribution in [1.29, 1.82) is 0 Å². The Kier molecular flexibility index (Phi) is 6.25. The molecule has 1 N–H and O–H groups in total. The van der Waals surface area contributed by atoms with Crippen LogP contribution in [0.1, 0.15) is 21.5 Å². The van der Waals surface area contributed by atoms with E-state index in [0.717, 1.165) is 12.1 Å². The molecule has 2 aromatic carbocycles. The second kappa shape index (κ2) is 8.22. The number of hydrogen-bond acceptors (Lipinski definition) is 4. The summed E-state index contributed by atoms with van der Waals surface area (Å²) in [6, 6.07) is 7.73. The van der Waals surface area contributed by atoms with Crippen molar-refractivity contribution in [3.63, 3.8) is 0 Å². The van der Waals surface area contributed by atoms with E-state index in [1.165, 1.54) is 32.6 Å². The van der Waals surface area contributed by atoms with Gasteiger partial charge < -0.3 is 9.47 Å². The molecule has 0 aliphatic rings. The number of amides is 1. The van der Waals surface area contributed by atoms with Crippen LogP contribution < -0.4 is 14.9 Å². The van der Waals surface area contributed by atoms with Crippen molar-refractivity contribution in [3.8, 4) is 11.5 Å². The first-order valence-electron chi connectivity index (χ1n) is 7.19. The summed E-state index contributed by atoms with van der Waals surface area (Å²) in [4.78, 5) is 12.0. The van der Waals surface area contributed by atoms with E-state index in [1.54, 1.807) is 12.1 Å². The van der Waals surface area contributed by atoms with E-state index in [4.69, 9.17) is 9.47 Å². The largest absolute Gasteiger partial charge is 0.493 e. The second-order valence-corrected chi connectivity index (χ2v) is 5.84. The number of benzene rings is 2. The van der Waals surface area contributed by atoms with Crippen LogP contribution in [-0.4, -0.2) is 26.3 Å². The summed E-state index contributed by atoms with van der Waals surface area (Å²) in [7, 11) is 2.94. The molecule has 0 saturated heterocycles. The third kappa shape index (κ3) is 4.54. The van der Waals surface area contributed by atoms with Crippen LogP contribution in [-0.2, 0) is 6.18 Å². The Labute approximate surface area is 155 Å². The molecule has 0 fully saturated rings. The lowest BCUT2D eigenvalue weighted by molar-refractivity contribution is -0.137. The van der Waals surface area contributed by atoms with Gasteiger partial charge in [0.1, 0.15) is 0 Å². The summed E-state index contributed by atoms with van der Waals surface area (Å²) in [5.74, 6) is -0.0569. The van der Waals surface area contributed by atoms with Crippen molar-refractivity contribution in [3.05, 3.63) is 57.6 Å². The molecule has 0 radical (unpaired) electrons. The minimum atomic E-state index is -4.63. The summed E-state index contributed by atoms with van der Waals surface area (Å²) in [6.45, 7) is 0. The van der Waals surface area contributed by atoms with Gasteiger partial charge in [0.2, 0.25) is 0 Å². The standard InChI is InChI=1S/C17H14BrF3N2O3/c1-25-14-8-10(7-13(18)15(14)26-2)9-22-23-16(24)11-5-3-4-6-12(11)17(19,20)21/h3-9H,1-2H3,(H,23,24)/b22-9+. The van der Waals surface area contributed by atoms with Gasteiger partial charge in [-0.3, -0.25) is 4.79 Å². The molecular formula is C17H14BrF3N2O3. The summed E-state index contributed by atoms with van der Waals surface area (Å²) in [5, 5.41) is 3.70.